The number of aryl methyl sites for hydroxylation is 1. The summed E-state index contributed by atoms with van der Waals surface area (Å²) < 4.78 is 0. The van der Waals surface area contributed by atoms with Crippen LogP contribution in [-0.2, 0) is 43.2 Å². The van der Waals surface area contributed by atoms with Crippen molar-refractivity contribution >= 4 is 40.5 Å². The molecule has 0 aliphatic heterocycles. The summed E-state index contributed by atoms with van der Waals surface area (Å²) in [5, 5.41) is 24.0. The molecule has 2 fully saturated rings. The van der Waals surface area contributed by atoms with Crippen LogP contribution >= 0.6 is 0 Å². The molecule has 0 amide bonds. The van der Waals surface area contributed by atoms with Gasteiger partial charge in [0.25, 0.3) is 0 Å². The summed E-state index contributed by atoms with van der Waals surface area (Å²) in [6.45, 7) is 15.0. The highest BCUT2D eigenvalue weighted by molar-refractivity contribution is 6.32. The topological polar surface area (TPSA) is 160 Å². The lowest BCUT2D eigenvalue weighted by Gasteiger charge is -2.62. The SMILES string of the molecule is CC(=O)c1cc(C)ccc1CC(=O)Cc1cc(C(C)C)c2c(c1O)C(=O)C1C(=O)[C@@]3(O)C(=O)C(C(C)=O)C(=O)C(C(C)C)[C@@]3(C)C[C@@]1(C)C2. The molecule has 9 nitrogen and oxygen atoms in total. The first kappa shape index (κ1) is 36.2. The maximum atomic E-state index is 14.6. The van der Waals surface area contributed by atoms with E-state index in [0.717, 1.165) is 18.1 Å². The molecule has 0 radical (unpaired) electrons. The van der Waals surface area contributed by atoms with Crippen LogP contribution in [0.1, 0.15) is 116 Å². The molecule has 3 aliphatic rings. The van der Waals surface area contributed by atoms with Crippen molar-refractivity contribution in [2.45, 2.75) is 99.5 Å². The van der Waals surface area contributed by atoms with Gasteiger partial charge in [0.1, 0.15) is 23.2 Å². The molecule has 0 spiro atoms. The second kappa shape index (κ2) is 12.0. The van der Waals surface area contributed by atoms with Gasteiger partial charge in [0, 0.05) is 35.3 Å². The average Bonchev–Trinajstić information content (AvgIpc) is 2.96. The Morgan fingerprint density at radius 1 is 0.918 bits per heavy atom. The molecule has 0 aromatic heterocycles. The van der Waals surface area contributed by atoms with E-state index in [9.17, 15) is 43.8 Å². The molecule has 6 atom stereocenters. The zero-order valence-corrected chi connectivity index (χ0v) is 29.8. The molecule has 49 heavy (non-hydrogen) atoms. The summed E-state index contributed by atoms with van der Waals surface area (Å²) in [6, 6.07) is 6.99. The van der Waals surface area contributed by atoms with Gasteiger partial charge in [-0.2, -0.15) is 0 Å². The van der Waals surface area contributed by atoms with Gasteiger partial charge in [0.2, 0.25) is 0 Å². The molecule has 3 aliphatic carbocycles. The zero-order valence-electron chi connectivity index (χ0n) is 29.8. The van der Waals surface area contributed by atoms with Crippen LogP contribution in [-0.4, -0.2) is 56.3 Å². The van der Waals surface area contributed by atoms with Crippen molar-refractivity contribution in [1.82, 2.24) is 0 Å². The monoisotopic (exact) mass is 670 g/mol. The van der Waals surface area contributed by atoms with E-state index in [1.807, 2.05) is 26.8 Å². The van der Waals surface area contributed by atoms with Crippen molar-refractivity contribution in [1.29, 1.82) is 0 Å². The third-order valence-corrected chi connectivity index (χ3v) is 11.5. The lowest BCUT2D eigenvalue weighted by molar-refractivity contribution is -0.205. The molecule has 0 saturated heterocycles. The lowest BCUT2D eigenvalue weighted by atomic mass is 9.39. The fourth-order valence-corrected chi connectivity index (χ4v) is 9.60. The smallest absolute Gasteiger partial charge is 0.190 e. The highest BCUT2D eigenvalue weighted by Gasteiger charge is 2.76. The van der Waals surface area contributed by atoms with Crippen LogP contribution in [0.2, 0.25) is 0 Å². The number of hydrogen-bond donors (Lipinski definition) is 2. The Morgan fingerprint density at radius 2 is 1.53 bits per heavy atom. The van der Waals surface area contributed by atoms with Gasteiger partial charge in [-0.05, 0) is 73.6 Å². The van der Waals surface area contributed by atoms with Gasteiger partial charge in [-0.3, -0.25) is 33.6 Å². The molecule has 3 unspecified atom stereocenters. The molecular weight excluding hydrogens is 624 g/mol. The summed E-state index contributed by atoms with van der Waals surface area (Å²) in [4.78, 5) is 95.3. The Balaban J connectivity index is 1.63. The van der Waals surface area contributed by atoms with E-state index in [2.05, 4.69) is 0 Å². The Bertz CT molecular complexity index is 1860. The van der Waals surface area contributed by atoms with E-state index in [1.54, 1.807) is 45.9 Å². The molecular formula is C40H46O9. The van der Waals surface area contributed by atoms with Crippen LogP contribution in [0.5, 0.6) is 5.75 Å². The number of phenols is 1. The van der Waals surface area contributed by atoms with Gasteiger partial charge in [-0.15, -0.1) is 0 Å². The number of phenolic OH excluding ortho intramolecular Hbond substituents is 1. The van der Waals surface area contributed by atoms with Crippen molar-refractivity contribution in [2.75, 3.05) is 0 Å². The quantitative estimate of drug-likeness (QED) is 0.288. The molecule has 0 bridgehead atoms. The van der Waals surface area contributed by atoms with Crippen molar-refractivity contribution in [2.24, 2.45) is 34.5 Å². The van der Waals surface area contributed by atoms with Crippen molar-refractivity contribution in [3.8, 4) is 5.75 Å². The van der Waals surface area contributed by atoms with Crippen LogP contribution in [0, 0.1) is 41.4 Å². The fraction of sp³-hybridized carbons (Fsp3) is 0.525. The number of aliphatic hydroxyl groups is 1. The van der Waals surface area contributed by atoms with Crippen molar-refractivity contribution in [3.63, 3.8) is 0 Å². The number of Topliss-reactive ketones (excluding diaryl/α,β-unsaturated/α-hetero) is 7. The lowest BCUT2D eigenvalue weighted by Crippen LogP contribution is -2.76. The maximum Gasteiger partial charge on any atom is 0.190 e. The minimum Gasteiger partial charge on any atom is -0.507 e. The van der Waals surface area contributed by atoms with Crippen LogP contribution in [0.15, 0.2) is 24.3 Å². The molecule has 2 aromatic rings. The van der Waals surface area contributed by atoms with E-state index in [-0.39, 0.29) is 54.3 Å². The number of ketones is 7. The third-order valence-electron chi connectivity index (χ3n) is 11.5. The fourth-order valence-electron chi connectivity index (χ4n) is 9.60. The number of carbonyl (C=O) groups excluding carboxylic acids is 7. The first-order valence-electron chi connectivity index (χ1n) is 17.0. The maximum absolute atomic E-state index is 14.6. The molecule has 2 saturated carbocycles. The van der Waals surface area contributed by atoms with Crippen molar-refractivity contribution < 1.29 is 43.8 Å². The van der Waals surface area contributed by atoms with Crippen molar-refractivity contribution in [3.05, 3.63) is 63.2 Å². The molecule has 9 heteroatoms. The predicted octanol–water partition coefficient (Wildman–Crippen LogP) is 5.08. The predicted molar refractivity (Wildman–Crippen MR) is 181 cm³/mol. The number of hydrogen-bond acceptors (Lipinski definition) is 9. The van der Waals surface area contributed by atoms with Crippen LogP contribution in [0.3, 0.4) is 0 Å². The Labute approximate surface area is 286 Å². The minimum absolute atomic E-state index is 0.0311. The second-order valence-corrected chi connectivity index (χ2v) is 15.9. The first-order valence-corrected chi connectivity index (χ1v) is 17.0. The Hall–Kier alpha value is -4.11. The summed E-state index contributed by atoms with van der Waals surface area (Å²) in [5.74, 6) is -10.3. The van der Waals surface area contributed by atoms with Gasteiger partial charge < -0.3 is 10.2 Å². The van der Waals surface area contributed by atoms with Gasteiger partial charge in [-0.25, -0.2) is 0 Å². The number of rotatable bonds is 8. The summed E-state index contributed by atoms with van der Waals surface area (Å²) in [6.07, 6.45) is -0.209. The largest absolute Gasteiger partial charge is 0.507 e. The van der Waals surface area contributed by atoms with Gasteiger partial charge in [-0.1, -0.05) is 65.3 Å². The summed E-state index contributed by atoms with van der Waals surface area (Å²) >= 11 is 0. The van der Waals surface area contributed by atoms with Gasteiger partial charge >= 0.3 is 0 Å². The van der Waals surface area contributed by atoms with E-state index in [1.165, 1.54) is 6.92 Å². The highest BCUT2D eigenvalue weighted by Crippen LogP contribution is 2.64. The van der Waals surface area contributed by atoms with E-state index >= 15 is 0 Å². The Morgan fingerprint density at radius 3 is 2.08 bits per heavy atom. The first-order chi connectivity index (χ1) is 22.6. The standard InChI is InChI=1S/C40H46O9/c1-18(2)26-15-24(14-25(43)13-23-11-10-20(5)12-27(23)21(6)41)33(44)30-28(26)16-38(8)17-39(9)31(19(3)4)34(45)29(22(7)42)36(47)40(39,49)37(48)32(38)35(30)46/h10-12,15,18-19,29,31-32,44,49H,13-14,16-17H2,1-9H3/t29?,31?,32?,38-,39-,40+/m1/s1. The van der Waals surface area contributed by atoms with E-state index in [0.29, 0.717) is 16.7 Å². The summed E-state index contributed by atoms with van der Waals surface area (Å²) in [7, 11) is 0. The van der Waals surface area contributed by atoms with E-state index in [4.69, 9.17) is 0 Å². The number of aromatic hydroxyl groups is 1. The second-order valence-electron chi connectivity index (χ2n) is 15.9. The number of benzene rings is 2. The highest BCUT2D eigenvalue weighted by atomic mass is 16.3. The van der Waals surface area contributed by atoms with E-state index < -0.39 is 74.8 Å². The van der Waals surface area contributed by atoms with Crippen LogP contribution < -0.4 is 0 Å². The van der Waals surface area contributed by atoms with Gasteiger partial charge in [0.15, 0.2) is 34.5 Å². The molecule has 5 rings (SSSR count). The normalized spacial score (nSPS) is 29.5. The number of carbonyl (C=O) groups is 7. The zero-order chi connectivity index (χ0) is 36.7. The molecule has 260 valence electrons. The number of fused-ring (bicyclic) bond motifs is 3. The molecule has 2 N–H and O–H groups in total. The van der Waals surface area contributed by atoms with Gasteiger partial charge in [0.05, 0.1) is 11.5 Å². The average molecular weight is 671 g/mol. The summed E-state index contributed by atoms with van der Waals surface area (Å²) in [5.41, 5.74) is -2.31. The van der Waals surface area contributed by atoms with Crippen LogP contribution in [0.25, 0.3) is 0 Å². The minimum atomic E-state index is -2.78. The molecule has 0 heterocycles. The third kappa shape index (κ3) is 5.27. The molecule has 2 aromatic carbocycles. The Kier molecular flexibility index (Phi) is 8.89. The van der Waals surface area contributed by atoms with Crippen LogP contribution in [0.4, 0.5) is 0 Å².